The molecule has 0 aliphatic carbocycles. The van der Waals surface area contributed by atoms with Crippen molar-refractivity contribution < 1.29 is 4.79 Å². The van der Waals surface area contributed by atoms with Crippen molar-refractivity contribution in [2.24, 2.45) is 0 Å². The number of aryl methyl sites for hydroxylation is 2. The van der Waals surface area contributed by atoms with Crippen LogP contribution in [0.2, 0.25) is 0 Å². The number of hydrogen-bond acceptors (Lipinski definition) is 4. The molecule has 1 amide bonds. The third-order valence-electron chi connectivity index (χ3n) is 5.11. The van der Waals surface area contributed by atoms with Crippen LogP contribution in [0.5, 0.6) is 0 Å². The average Bonchev–Trinajstić information content (AvgIpc) is 3.09. The molecule has 1 saturated heterocycles. The molecule has 3 rings (SSSR count). The number of aromatic nitrogens is 3. The highest BCUT2D eigenvalue weighted by Gasteiger charge is 2.29. The van der Waals surface area contributed by atoms with Crippen molar-refractivity contribution in [3.8, 4) is 0 Å². The molecule has 0 aromatic carbocycles. The first-order chi connectivity index (χ1) is 13.0. The highest BCUT2D eigenvalue weighted by Crippen LogP contribution is 2.26. The van der Waals surface area contributed by atoms with Crippen LogP contribution in [0, 0.1) is 6.92 Å². The number of carbonyl (C=O) groups excluding carboxylic acids is 1. The molecule has 0 saturated carbocycles. The molecular formula is C20H29N5O2. The molecule has 1 aliphatic rings. The highest BCUT2D eigenvalue weighted by molar-refractivity contribution is 5.93. The predicted molar refractivity (Wildman–Crippen MR) is 105 cm³/mol. The van der Waals surface area contributed by atoms with Crippen LogP contribution in [0.3, 0.4) is 0 Å². The van der Waals surface area contributed by atoms with Crippen molar-refractivity contribution in [1.29, 1.82) is 0 Å². The van der Waals surface area contributed by atoms with Crippen LogP contribution < -0.4 is 5.56 Å². The second-order valence-corrected chi connectivity index (χ2v) is 7.61. The van der Waals surface area contributed by atoms with Gasteiger partial charge in [0.05, 0.1) is 0 Å². The minimum absolute atomic E-state index is 0.188. The standard InChI is InChI=1S/C20H29N5O2/c1-15-7-8-17(19(26)22-15)20(27)25-11-4-6-16(14-25)18-21-9-13-24(18)12-5-10-23(2)3/h7-9,13,16H,4-6,10-12,14H2,1-3H3,(H,22,26)/t16-/m1/s1. The van der Waals surface area contributed by atoms with Crippen LogP contribution in [0.4, 0.5) is 0 Å². The van der Waals surface area contributed by atoms with E-state index in [4.69, 9.17) is 0 Å². The summed E-state index contributed by atoms with van der Waals surface area (Å²) in [4.78, 5) is 36.3. The maximum atomic E-state index is 12.9. The summed E-state index contributed by atoms with van der Waals surface area (Å²) in [5, 5.41) is 0. The van der Waals surface area contributed by atoms with Gasteiger partial charge in [0.15, 0.2) is 0 Å². The van der Waals surface area contributed by atoms with E-state index in [2.05, 4.69) is 33.5 Å². The lowest BCUT2D eigenvalue weighted by Gasteiger charge is -2.32. The topological polar surface area (TPSA) is 74.2 Å². The van der Waals surface area contributed by atoms with Gasteiger partial charge < -0.3 is 19.4 Å². The zero-order valence-corrected chi connectivity index (χ0v) is 16.4. The molecule has 7 heteroatoms. The van der Waals surface area contributed by atoms with Gasteiger partial charge in [-0.2, -0.15) is 0 Å². The molecule has 0 unspecified atom stereocenters. The second kappa shape index (κ2) is 8.52. The lowest BCUT2D eigenvalue weighted by Crippen LogP contribution is -2.41. The first kappa shape index (κ1) is 19.4. The number of nitrogens with one attached hydrogen (secondary N) is 1. The molecule has 3 heterocycles. The van der Waals surface area contributed by atoms with E-state index in [1.165, 1.54) is 0 Å². The third kappa shape index (κ3) is 4.66. The van der Waals surface area contributed by atoms with Gasteiger partial charge in [0.2, 0.25) is 0 Å². The molecule has 1 atom stereocenters. The maximum absolute atomic E-state index is 12.9. The van der Waals surface area contributed by atoms with E-state index >= 15 is 0 Å². The number of aromatic amines is 1. The number of likely N-dealkylation sites (tertiary alicyclic amines) is 1. The summed E-state index contributed by atoms with van der Waals surface area (Å²) in [5.74, 6) is 1.07. The first-order valence-corrected chi connectivity index (χ1v) is 9.60. The van der Waals surface area contributed by atoms with Gasteiger partial charge in [-0.05, 0) is 59.0 Å². The van der Waals surface area contributed by atoms with Gasteiger partial charge in [0.25, 0.3) is 11.5 Å². The molecule has 146 valence electrons. The Morgan fingerprint density at radius 1 is 1.37 bits per heavy atom. The minimum atomic E-state index is -0.313. The van der Waals surface area contributed by atoms with Crippen molar-refractivity contribution >= 4 is 5.91 Å². The van der Waals surface area contributed by atoms with E-state index in [0.29, 0.717) is 13.1 Å². The Bertz CT molecular complexity index is 839. The van der Waals surface area contributed by atoms with Crippen LogP contribution in [0.15, 0.2) is 29.3 Å². The summed E-state index contributed by atoms with van der Waals surface area (Å²) in [7, 11) is 4.15. The number of nitrogens with zero attached hydrogens (tertiary/aromatic N) is 4. The van der Waals surface area contributed by atoms with Crippen LogP contribution in [-0.2, 0) is 6.54 Å². The second-order valence-electron chi connectivity index (χ2n) is 7.61. The van der Waals surface area contributed by atoms with Crippen LogP contribution in [-0.4, -0.2) is 64.0 Å². The number of pyridine rings is 1. The van der Waals surface area contributed by atoms with Gasteiger partial charge >= 0.3 is 0 Å². The molecule has 0 spiro atoms. The van der Waals surface area contributed by atoms with Gasteiger partial charge in [-0.25, -0.2) is 4.98 Å². The Morgan fingerprint density at radius 3 is 2.93 bits per heavy atom. The van der Waals surface area contributed by atoms with E-state index in [9.17, 15) is 9.59 Å². The number of carbonyl (C=O) groups is 1. The highest BCUT2D eigenvalue weighted by atomic mass is 16.2. The molecule has 1 fully saturated rings. The monoisotopic (exact) mass is 371 g/mol. The van der Waals surface area contributed by atoms with Crippen LogP contribution in [0.25, 0.3) is 0 Å². The number of hydrogen-bond donors (Lipinski definition) is 1. The third-order valence-corrected chi connectivity index (χ3v) is 5.11. The molecule has 2 aromatic heterocycles. The molecule has 2 aromatic rings. The summed E-state index contributed by atoms with van der Waals surface area (Å²) >= 11 is 0. The van der Waals surface area contributed by atoms with Crippen molar-refractivity contribution in [2.75, 3.05) is 33.7 Å². The number of rotatable bonds is 6. The van der Waals surface area contributed by atoms with Crippen molar-refractivity contribution in [3.05, 3.63) is 52.0 Å². The fourth-order valence-electron chi connectivity index (χ4n) is 3.71. The van der Waals surface area contributed by atoms with E-state index in [1.807, 2.05) is 19.3 Å². The van der Waals surface area contributed by atoms with Crippen molar-refractivity contribution in [1.82, 2.24) is 24.3 Å². The molecule has 1 N–H and O–H groups in total. The summed E-state index contributed by atoms with van der Waals surface area (Å²) in [6, 6.07) is 3.40. The van der Waals surface area contributed by atoms with Gasteiger partial charge in [-0.3, -0.25) is 9.59 Å². The molecule has 7 nitrogen and oxygen atoms in total. The van der Waals surface area contributed by atoms with E-state index in [1.54, 1.807) is 17.0 Å². The molecule has 1 aliphatic heterocycles. The fraction of sp³-hybridized carbons (Fsp3) is 0.550. The first-order valence-electron chi connectivity index (χ1n) is 9.60. The zero-order valence-electron chi connectivity index (χ0n) is 16.4. The molecular weight excluding hydrogens is 342 g/mol. The molecule has 0 radical (unpaired) electrons. The Kier molecular flexibility index (Phi) is 6.11. The molecule has 0 bridgehead atoms. The predicted octanol–water partition coefficient (Wildman–Crippen LogP) is 1.85. The fourth-order valence-corrected chi connectivity index (χ4v) is 3.71. The summed E-state index contributed by atoms with van der Waals surface area (Å²) in [5.41, 5.74) is 0.663. The van der Waals surface area contributed by atoms with E-state index in [0.717, 1.165) is 43.9 Å². The van der Waals surface area contributed by atoms with Crippen molar-refractivity contribution in [2.45, 2.75) is 38.6 Å². The zero-order chi connectivity index (χ0) is 19.4. The number of piperidine rings is 1. The van der Waals surface area contributed by atoms with Gasteiger partial charge in [0.1, 0.15) is 11.4 Å². The summed E-state index contributed by atoms with van der Waals surface area (Å²) < 4.78 is 2.21. The Balaban J connectivity index is 1.70. The van der Waals surface area contributed by atoms with E-state index in [-0.39, 0.29) is 22.9 Å². The van der Waals surface area contributed by atoms with Crippen LogP contribution >= 0.6 is 0 Å². The number of imidazole rings is 1. The molecule has 27 heavy (non-hydrogen) atoms. The van der Waals surface area contributed by atoms with Gasteiger partial charge in [-0.1, -0.05) is 0 Å². The van der Waals surface area contributed by atoms with Gasteiger partial charge in [0, 0.05) is 43.6 Å². The summed E-state index contributed by atoms with van der Waals surface area (Å²) in [6.07, 6.45) is 6.86. The van der Waals surface area contributed by atoms with Gasteiger partial charge in [-0.15, -0.1) is 0 Å². The number of amides is 1. The SMILES string of the molecule is Cc1ccc(C(=O)N2CCC[C@@H](c3nccn3CCCN(C)C)C2)c(=O)[nH]1. The maximum Gasteiger partial charge on any atom is 0.260 e. The smallest absolute Gasteiger partial charge is 0.260 e. The Hall–Kier alpha value is -2.41. The van der Waals surface area contributed by atoms with Crippen LogP contribution in [0.1, 0.15) is 47.1 Å². The number of H-pyrrole nitrogens is 1. The summed E-state index contributed by atoms with van der Waals surface area (Å²) in [6.45, 7) is 5.06. The Labute approximate surface area is 160 Å². The minimum Gasteiger partial charge on any atom is -0.338 e. The normalized spacial score (nSPS) is 17.5. The lowest BCUT2D eigenvalue weighted by atomic mass is 9.96. The lowest BCUT2D eigenvalue weighted by molar-refractivity contribution is 0.0701. The Morgan fingerprint density at radius 2 is 2.19 bits per heavy atom. The van der Waals surface area contributed by atoms with E-state index < -0.39 is 0 Å². The quantitative estimate of drug-likeness (QED) is 0.841. The van der Waals surface area contributed by atoms with Crippen molar-refractivity contribution in [3.63, 3.8) is 0 Å². The largest absolute Gasteiger partial charge is 0.338 e. The average molecular weight is 371 g/mol.